The molecule has 6 heteroatoms. The maximum Gasteiger partial charge on any atom is 0.416 e. The first-order chi connectivity index (χ1) is 7.75. The van der Waals surface area contributed by atoms with Crippen LogP contribution < -0.4 is 5.73 Å². The second kappa shape index (κ2) is 5.01. The van der Waals surface area contributed by atoms with E-state index < -0.39 is 29.7 Å². The van der Waals surface area contributed by atoms with Crippen LogP contribution in [0.25, 0.3) is 0 Å². The highest BCUT2D eigenvalue weighted by molar-refractivity contribution is 5.29. The van der Waals surface area contributed by atoms with E-state index in [-0.39, 0.29) is 12.0 Å². The number of benzene rings is 1. The van der Waals surface area contributed by atoms with Crippen LogP contribution in [0.4, 0.5) is 17.6 Å². The van der Waals surface area contributed by atoms with Crippen LogP contribution >= 0.6 is 0 Å². The SMILES string of the molecule is CC[C@@H](O)[C@@H](N)c1cc(F)cc(C(F)(F)F)c1. The average Bonchev–Trinajstić information content (AvgIpc) is 2.25. The Bertz CT molecular complexity index is 392. The Hall–Kier alpha value is -1.14. The second-order valence-electron chi connectivity index (χ2n) is 3.77. The number of rotatable bonds is 3. The third-order valence-corrected chi connectivity index (χ3v) is 2.47. The molecule has 0 radical (unpaired) electrons. The van der Waals surface area contributed by atoms with Gasteiger partial charge in [-0.05, 0) is 30.2 Å². The maximum absolute atomic E-state index is 13.0. The van der Waals surface area contributed by atoms with Gasteiger partial charge in [-0.2, -0.15) is 13.2 Å². The van der Waals surface area contributed by atoms with Crippen LogP contribution in [0.3, 0.4) is 0 Å². The molecule has 17 heavy (non-hydrogen) atoms. The van der Waals surface area contributed by atoms with Gasteiger partial charge in [0.05, 0.1) is 17.7 Å². The number of hydrogen-bond donors (Lipinski definition) is 2. The topological polar surface area (TPSA) is 46.2 Å². The van der Waals surface area contributed by atoms with E-state index in [2.05, 4.69) is 0 Å². The van der Waals surface area contributed by atoms with Gasteiger partial charge in [0.2, 0.25) is 0 Å². The molecule has 0 spiro atoms. The Morgan fingerprint density at radius 2 is 1.88 bits per heavy atom. The van der Waals surface area contributed by atoms with Crippen molar-refractivity contribution in [1.82, 2.24) is 0 Å². The third-order valence-electron chi connectivity index (χ3n) is 2.47. The molecule has 0 saturated heterocycles. The van der Waals surface area contributed by atoms with Gasteiger partial charge in [-0.3, -0.25) is 0 Å². The molecule has 0 amide bonds. The quantitative estimate of drug-likeness (QED) is 0.811. The van der Waals surface area contributed by atoms with Gasteiger partial charge in [-0.25, -0.2) is 4.39 Å². The standard InChI is InChI=1S/C11H13F4NO/c1-2-9(17)10(16)6-3-7(11(13,14)15)5-8(12)4-6/h3-5,9-10,17H,2,16H2,1H3/t9-,10+/m1/s1. The van der Waals surface area contributed by atoms with Crippen LogP contribution in [0.2, 0.25) is 0 Å². The van der Waals surface area contributed by atoms with Gasteiger partial charge in [0, 0.05) is 0 Å². The maximum atomic E-state index is 13.0. The van der Waals surface area contributed by atoms with Crippen molar-refractivity contribution in [2.75, 3.05) is 0 Å². The molecular formula is C11H13F4NO. The predicted molar refractivity (Wildman–Crippen MR) is 54.6 cm³/mol. The predicted octanol–water partition coefficient (Wildman–Crippen LogP) is 2.62. The van der Waals surface area contributed by atoms with Gasteiger partial charge in [0.15, 0.2) is 0 Å². The normalized spacial score (nSPS) is 15.7. The first kappa shape index (κ1) is 13.9. The minimum absolute atomic E-state index is 0.0633. The molecule has 1 rings (SSSR count). The second-order valence-corrected chi connectivity index (χ2v) is 3.77. The van der Waals surface area contributed by atoms with Crippen molar-refractivity contribution in [3.8, 4) is 0 Å². The minimum atomic E-state index is -4.63. The number of halogens is 4. The number of aliphatic hydroxyl groups excluding tert-OH is 1. The van der Waals surface area contributed by atoms with Gasteiger partial charge in [-0.15, -0.1) is 0 Å². The zero-order chi connectivity index (χ0) is 13.2. The van der Waals surface area contributed by atoms with Crippen molar-refractivity contribution in [2.45, 2.75) is 31.7 Å². The first-order valence-corrected chi connectivity index (χ1v) is 5.07. The summed E-state index contributed by atoms with van der Waals surface area (Å²) in [5.41, 5.74) is 4.38. The van der Waals surface area contributed by atoms with Crippen molar-refractivity contribution in [3.05, 3.63) is 35.1 Å². The van der Waals surface area contributed by atoms with E-state index in [9.17, 15) is 22.7 Å². The van der Waals surface area contributed by atoms with Crippen molar-refractivity contribution >= 4 is 0 Å². The average molecular weight is 251 g/mol. The largest absolute Gasteiger partial charge is 0.416 e. The molecule has 0 aliphatic carbocycles. The highest BCUT2D eigenvalue weighted by Gasteiger charge is 2.32. The van der Waals surface area contributed by atoms with Crippen molar-refractivity contribution in [1.29, 1.82) is 0 Å². The molecular weight excluding hydrogens is 238 g/mol. The Morgan fingerprint density at radius 1 is 1.29 bits per heavy atom. The molecule has 1 aromatic carbocycles. The molecule has 0 saturated carbocycles. The number of alkyl halides is 3. The van der Waals surface area contributed by atoms with E-state index in [1.807, 2.05) is 0 Å². The van der Waals surface area contributed by atoms with E-state index >= 15 is 0 Å². The van der Waals surface area contributed by atoms with Crippen LogP contribution in [0, 0.1) is 5.82 Å². The van der Waals surface area contributed by atoms with E-state index in [0.29, 0.717) is 6.07 Å². The van der Waals surface area contributed by atoms with Crippen LogP contribution in [0.5, 0.6) is 0 Å². The Labute approximate surface area is 96.1 Å². The highest BCUT2D eigenvalue weighted by atomic mass is 19.4. The smallest absolute Gasteiger partial charge is 0.391 e. The van der Waals surface area contributed by atoms with E-state index in [0.717, 1.165) is 12.1 Å². The minimum Gasteiger partial charge on any atom is -0.391 e. The van der Waals surface area contributed by atoms with Crippen LogP contribution in [0.1, 0.15) is 30.5 Å². The molecule has 0 aliphatic rings. The van der Waals surface area contributed by atoms with E-state index in [1.54, 1.807) is 6.92 Å². The van der Waals surface area contributed by atoms with Gasteiger partial charge in [-0.1, -0.05) is 6.92 Å². The first-order valence-electron chi connectivity index (χ1n) is 5.07. The summed E-state index contributed by atoms with van der Waals surface area (Å²) in [6.07, 6.45) is -5.36. The zero-order valence-corrected chi connectivity index (χ0v) is 9.13. The van der Waals surface area contributed by atoms with Crippen molar-refractivity contribution in [2.24, 2.45) is 5.73 Å². The fourth-order valence-electron chi connectivity index (χ4n) is 1.44. The Morgan fingerprint density at radius 3 is 2.35 bits per heavy atom. The molecule has 2 atom stereocenters. The van der Waals surface area contributed by atoms with Crippen LogP contribution in [0.15, 0.2) is 18.2 Å². The molecule has 0 aliphatic heterocycles. The van der Waals surface area contributed by atoms with Crippen molar-refractivity contribution in [3.63, 3.8) is 0 Å². The van der Waals surface area contributed by atoms with Gasteiger partial charge in [0.25, 0.3) is 0 Å². The molecule has 3 N–H and O–H groups in total. The molecule has 0 bridgehead atoms. The summed E-state index contributed by atoms with van der Waals surface area (Å²) in [6.45, 7) is 1.63. The fourth-order valence-corrected chi connectivity index (χ4v) is 1.44. The lowest BCUT2D eigenvalue weighted by Gasteiger charge is -2.19. The molecule has 0 aromatic heterocycles. The number of nitrogens with two attached hydrogens (primary N) is 1. The number of hydrogen-bond acceptors (Lipinski definition) is 2. The summed E-state index contributed by atoms with van der Waals surface area (Å²) in [4.78, 5) is 0. The molecule has 0 unspecified atom stereocenters. The lowest BCUT2D eigenvalue weighted by Crippen LogP contribution is -2.26. The van der Waals surface area contributed by atoms with Crippen molar-refractivity contribution < 1.29 is 22.7 Å². The zero-order valence-electron chi connectivity index (χ0n) is 9.13. The lowest BCUT2D eigenvalue weighted by atomic mass is 9.98. The highest BCUT2D eigenvalue weighted by Crippen LogP contribution is 2.32. The Balaban J connectivity index is 3.14. The number of aliphatic hydroxyl groups is 1. The molecule has 0 heterocycles. The van der Waals surface area contributed by atoms with E-state index in [1.165, 1.54) is 0 Å². The summed E-state index contributed by atoms with van der Waals surface area (Å²) >= 11 is 0. The van der Waals surface area contributed by atoms with Crippen LogP contribution in [-0.2, 0) is 6.18 Å². The van der Waals surface area contributed by atoms with Gasteiger partial charge in [0.1, 0.15) is 5.82 Å². The summed E-state index contributed by atoms with van der Waals surface area (Å²) in [5.74, 6) is -1.02. The van der Waals surface area contributed by atoms with Gasteiger partial charge < -0.3 is 10.8 Å². The monoisotopic (exact) mass is 251 g/mol. The van der Waals surface area contributed by atoms with E-state index in [4.69, 9.17) is 5.73 Å². The summed E-state index contributed by atoms with van der Waals surface area (Å²) < 4.78 is 50.3. The summed E-state index contributed by atoms with van der Waals surface area (Å²) in [6, 6.07) is 1.02. The summed E-state index contributed by atoms with van der Waals surface area (Å²) in [5, 5.41) is 9.44. The lowest BCUT2D eigenvalue weighted by molar-refractivity contribution is -0.137. The molecule has 0 fully saturated rings. The third kappa shape index (κ3) is 3.41. The molecule has 2 nitrogen and oxygen atoms in total. The van der Waals surface area contributed by atoms with Gasteiger partial charge >= 0.3 is 6.18 Å². The Kier molecular flexibility index (Phi) is 4.11. The fraction of sp³-hybridized carbons (Fsp3) is 0.455. The molecule has 1 aromatic rings. The molecule has 96 valence electrons. The van der Waals surface area contributed by atoms with Crippen LogP contribution in [-0.4, -0.2) is 11.2 Å². The summed E-state index contributed by atoms with van der Waals surface area (Å²) in [7, 11) is 0.